The average Bonchev–Trinajstić information content (AvgIpc) is 1.70. The summed E-state index contributed by atoms with van der Waals surface area (Å²) in [6.45, 7) is 0. The Labute approximate surface area is 109 Å². The van der Waals surface area contributed by atoms with Crippen molar-refractivity contribution in [2.75, 3.05) is 0 Å². The molecule has 0 aliphatic rings. The number of rotatable bonds is 0. The zero-order valence-corrected chi connectivity index (χ0v) is 11.0. The molecule has 0 fully saturated rings. The summed E-state index contributed by atoms with van der Waals surface area (Å²) in [6.07, 6.45) is 0. The fraction of sp³-hybridized carbons (Fsp3) is 0. The van der Waals surface area contributed by atoms with Gasteiger partial charge in [0.15, 0.2) is 0 Å². The van der Waals surface area contributed by atoms with Crippen LogP contribution in [0.5, 0.6) is 0 Å². The molecule has 0 bridgehead atoms. The minimum absolute atomic E-state index is 0. The van der Waals surface area contributed by atoms with Crippen LogP contribution in [0.4, 0.5) is 0 Å². The van der Waals surface area contributed by atoms with Crippen LogP contribution in [0.3, 0.4) is 0 Å². The van der Waals surface area contributed by atoms with E-state index in [4.69, 9.17) is 23.9 Å². The molecule has 0 amide bonds. The van der Waals surface area contributed by atoms with Gasteiger partial charge in [0.2, 0.25) is 0 Å². The van der Waals surface area contributed by atoms with E-state index in [0.29, 0.717) is 0 Å². The summed E-state index contributed by atoms with van der Waals surface area (Å²) in [5, 5.41) is 0. The zero-order valence-electron chi connectivity index (χ0n) is 4.63. The van der Waals surface area contributed by atoms with Crippen molar-refractivity contribution < 1.29 is 64.3 Å². The summed E-state index contributed by atoms with van der Waals surface area (Å²) in [7, 11) is 0. The first kappa shape index (κ1) is 22.6. The zero-order chi connectivity index (χ0) is 8.12. The van der Waals surface area contributed by atoms with E-state index in [2.05, 4.69) is 0 Å². The second-order valence-corrected chi connectivity index (χ2v) is 0.866. The molecule has 0 saturated carbocycles. The SMILES string of the molecule is [O]=[Al][O-].[O]=[Al][O-].[O]=[Al][O-].[Pm]. The fourth-order valence-electron chi connectivity index (χ4n) is 0. The fourth-order valence-corrected chi connectivity index (χ4v) is 0. The van der Waals surface area contributed by atoms with E-state index in [1.165, 1.54) is 0 Å². The van der Waals surface area contributed by atoms with Gasteiger partial charge < -0.3 is 0 Å². The first-order valence-electron chi connectivity index (χ1n) is 1.41. The van der Waals surface area contributed by atoms with Gasteiger partial charge in [-0.3, -0.25) is 0 Å². The van der Waals surface area contributed by atoms with Gasteiger partial charge >= 0.3 is 70.3 Å². The van der Waals surface area contributed by atoms with Crippen LogP contribution in [0.2, 0.25) is 0 Å². The van der Waals surface area contributed by atoms with Gasteiger partial charge in [0, 0.05) is 40.4 Å². The molecule has 0 unspecified atom stereocenters. The van der Waals surface area contributed by atoms with E-state index in [0.717, 1.165) is 0 Å². The van der Waals surface area contributed by atoms with Gasteiger partial charge in [0.05, 0.1) is 0 Å². The molecule has 53 valence electrons. The van der Waals surface area contributed by atoms with Crippen molar-refractivity contribution in [3.05, 3.63) is 0 Å². The van der Waals surface area contributed by atoms with Gasteiger partial charge in [-0.2, -0.15) is 0 Å². The Kier molecular flexibility index (Phi) is 103. The van der Waals surface area contributed by atoms with Crippen LogP contribution in [0.1, 0.15) is 0 Å². The maximum atomic E-state index is 8.46. The minimum atomic E-state index is -1.75. The first-order valence-corrected chi connectivity index (χ1v) is 4.24. The first-order chi connectivity index (χ1) is 4.24. The third-order valence-corrected chi connectivity index (χ3v) is 0. The third kappa shape index (κ3) is 247. The van der Waals surface area contributed by atoms with Crippen molar-refractivity contribution in [2.45, 2.75) is 0 Å². The molecule has 0 atom stereocenters. The van der Waals surface area contributed by atoms with Crippen molar-refractivity contribution >= 4 is 46.5 Å². The Balaban J connectivity index is -0.0000000257. The Hall–Kier alpha value is 1.74. The third-order valence-electron chi connectivity index (χ3n) is 0. The van der Waals surface area contributed by atoms with Crippen molar-refractivity contribution in [3.8, 4) is 0 Å². The standard InChI is InChI=1S/3Al.6O.Pm/q;;;;;;3*-1;. The van der Waals surface area contributed by atoms with E-state index in [1.807, 2.05) is 0 Å². The topological polar surface area (TPSA) is 120 Å². The summed E-state index contributed by atoms with van der Waals surface area (Å²) in [6, 6.07) is 0. The molecule has 0 saturated heterocycles. The smallest absolute Gasteiger partial charge is 0 e. The average molecular weight is 322 g/mol. The molecule has 10 heteroatoms. The predicted octanol–water partition coefficient (Wildman–Crippen LogP) is -5.07. The van der Waals surface area contributed by atoms with Crippen LogP contribution in [0.15, 0.2) is 0 Å². The molecule has 0 aliphatic heterocycles. The summed E-state index contributed by atoms with van der Waals surface area (Å²) in [4.78, 5) is 0. The minimum Gasteiger partial charge on any atom is 0 e. The van der Waals surface area contributed by atoms with E-state index >= 15 is 0 Å². The molecular weight excluding hydrogens is 322 g/mol. The molecule has 1 radical (unpaired) electrons. The van der Waals surface area contributed by atoms with Crippen LogP contribution in [0, 0.1) is 40.4 Å². The second-order valence-electron chi connectivity index (χ2n) is 0.289. The molecule has 0 spiro atoms. The number of hydrogen-bond donors (Lipinski definition) is 0. The Morgan fingerprint density at radius 1 is 0.700 bits per heavy atom. The van der Waals surface area contributed by atoms with Crippen molar-refractivity contribution in [1.29, 1.82) is 0 Å². The van der Waals surface area contributed by atoms with Gasteiger partial charge in [0.25, 0.3) is 0 Å². The largest absolute Gasteiger partial charge is 0 e. The second kappa shape index (κ2) is 45.4. The molecule has 0 aromatic carbocycles. The molecule has 6 nitrogen and oxygen atoms in total. The van der Waals surface area contributed by atoms with Gasteiger partial charge in [-0.1, -0.05) is 0 Å². The molecule has 10 heavy (non-hydrogen) atoms. The maximum absolute atomic E-state index is 8.46. The van der Waals surface area contributed by atoms with Crippen LogP contribution in [0.25, 0.3) is 0 Å². The van der Waals surface area contributed by atoms with Crippen molar-refractivity contribution in [2.24, 2.45) is 0 Å². The van der Waals surface area contributed by atoms with Crippen molar-refractivity contribution in [1.82, 2.24) is 0 Å². The summed E-state index contributed by atoms with van der Waals surface area (Å²) < 4.78 is 50.8. The van der Waals surface area contributed by atoms with Crippen LogP contribution in [-0.4, -0.2) is 46.5 Å². The predicted molar refractivity (Wildman–Crippen MR) is 19.3 cm³/mol. The van der Waals surface area contributed by atoms with Gasteiger partial charge in [0.1, 0.15) is 0 Å². The van der Waals surface area contributed by atoms with Gasteiger partial charge in [-0.05, 0) is 0 Å². The van der Waals surface area contributed by atoms with E-state index in [1.54, 1.807) is 0 Å². The van der Waals surface area contributed by atoms with Gasteiger partial charge in [-0.15, -0.1) is 0 Å². The Bertz CT molecular complexity index is 49.7. The summed E-state index contributed by atoms with van der Waals surface area (Å²) >= 11 is -5.25. The summed E-state index contributed by atoms with van der Waals surface area (Å²) in [5.41, 5.74) is 0. The van der Waals surface area contributed by atoms with Gasteiger partial charge in [-0.25, -0.2) is 0 Å². The summed E-state index contributed by atoms with van der Waals surface area (Å²) in [5.74, 6) is 0. The molecule has 0 aromatic heterocycles. The van der Waals surface area contributed by atoms with E-state index in [9.17, 15) is 0 Å². The molecule has 0 N–H and O–H groups in total. The quantitative estimate of drug-likeness (QED) is 0.412. The molecular formula is Al3O6Pm-3. The molecule has 0 heterocycles. The Morgan fingerprint density at radius 3 is 0.700 bits per heavy atom. The van der Waals surface area contributed by atoms with E-state index < -0.39 is 46.5 Å². The van der Waals surface area contributed by atoms with E-state index in [-0.39, 0.29) is 40.4 Å². The molecule has 0 aromatic rings. The monoisotopic (exact) mass is 322 g/mol. The van der Waals surface area contributed by atoms with Crippen LogP contribution in [-0.2, 0) is 11.4 Å². The van der Waals surface area contributed by atoms with Crippen LogP contribution >= 0.6 is 0 Å². The Morgan fingerprint density at radius 2 is 0.700 bits per heavy atom. The number of hydrogen-bond acceptors (Lipinski definition) is 6. The molecule has 0 aliphatic carbocycles. The maximum Gasteiger partial charge on any atom is 0 e. The normalized spacial score (nSPS) is 2.40. The molecule has 0 rings (SSSR count). The van der Waals surface area contributed by atoms with Crippen molar-refractivity contribution in [3.63, 3.8) is 0 Å². The van der Waals surface area contributed by atoms with Crippen LogP contribution < -0.4 is 12.5 Å².